The molecule has 0 fully saturated rings. The first-order chi connectivity index (χ1) is 10.2. The number of phenols is 1. The molecule has 0 aromatic heterocycles. The molecule has 0 spiro atoms. The van der Waals surface area contributed by atoms with E-state index in [2.05, 4.69) is 4.99 Å². The summed E-state index contributed by atoms with van der Waals surface area (Å²) in [6.45, 7) is 4.08. The van der Waals surface area contributed by atoms with Crippen molar-refractivity contribution in [1.82, 2.24) is 0 Å². The number of hydrogen-bond acceptors (Lipinski definition) is 2. The number of phenolic OH excluding ortho intramolecular Hbond substituents is 1. The Morgan fingerprint density at radius 3 is 2.33 bits per heavy atom. The molecule has 3 aromatic rings. The van der Waals surface area contributed by atoms with E-state index in [1.54, 1.807) is 6.21 Å². The van der Waals surface area contributed by atoms with Gasteiger partial charge in [0, 0.05) is 17.2 Å². The van der Waals surface area contributed by atoms with Crippen molar-refractivity contribution in [2.45, 2.75) is 13.8 Å². The topological polar surface area (TPSA) is 32.6 Å². The van der Waals surface area contributed by atoms with Crippen LogP contribution in [0.15, 0.2) is 59.6 Å². The molecular weight excluding hydrogens is 258 g/mol. The van der Waals surface area contributed by atoms with E-state index in [0.29, 0.717) is 0 Å². The predicted molar refractivity (Wildman–Crippen MR) is 88.8 cm³/mol. The predicted octanol–water partition coefficient (Wildman–Crippen LogP) is 4.91. The summed E-state index contributed by atoms with van der Waals surface area (Å²) in [5.74, 6) is 0.281. The number of benzene rings is 3. The lowest BCUT2D eigenvalue weighted by molar-refractivity contribution is 0.481. The van der Waals surface area contributed by atoms with Crippen molar-refractivity contribution in [2.75, 3.05) is 0 Å². The number of para-hydroxylation sites is 1. The second kappa shape index (κ2) is 5.41. The van der Waals surface area contributed by atoms with Crippen molar-refractivity contribution >= 4 is 22.7 Å². The third kappa shape index (κ3) is 2.52. The Hall–Kier alpha value is -2.61. The summed E-state index contributed by atoms with van der Waals surface area (Å²) in [5.41, 5.74) is 3.96. The number of rotatable bonds is 2. The molecule has 2 nitrogen and oxygen atoms in total. The van der Waals surface area contributed by atoms with Gasteiger partial charge >= 0.3 is 0 Å². The lowest BCUT2D eigenvalue weighted by Crippen LogP contribution is -1.86. The average molecular weight is 275 g/mol. The standard InChI is InChI=1S/C19H17NO/c1-13-6-5-7-14(2)18(13)20-12-16-11-10-15-8-3-4-9-17(15)19(16)21/h3-12,21H,1-2H3/b20-12+. The SMILES string of the molecule is Cc1cccc(C)c1/N=C/c1ccc2ccccc2c1O. The van der Waals surface area contributed by atoms with Gasteiger partial charge in [-0.1, -0.05) is 48.5 Å². The fourth-order valence-electron chi connectivity index (χ4n) is 2.52. The van der Waals surface area contributed by atoms with E-state index in [1.165, 1.54) is 0 Å². The van der Waals surface area contributed by atoms with Gasteiger partial charge in [-0.05, 0) is 36.4 Å². The molecule has 0 saturated carbocycles. The third-order valence-electron chi connectivity index (χ3n) is 3.70. The van der Waals surface area contributed by atoms with Crippen molar-refractivity contribution in [2.24, 2.45) is 4.99 Å². The summed E-state index contributed by atoms with van der Waals surface area (Å²) in [7, 11) is 0. The second-order valence-electron chi connectivity index (χ2n) is 5.22. The molecule has 0 atom stereocenters. The Bertz CT molecular complexity index is 814. The van der Waals surface area contributed by atoms with Crippen LogP contribution in [-0.2, 0) is 0 Å². The molecule has 0 aliphatic rings. The van der Waals surface area contributed by atoms with Crippen molar-refractivity contribution < 1.29 is 5.11 Å². The van der Waals surface area contributed by atoms with Gasteiger partial charge in [-0.25, -0.2) is 0 Å². The number of aliphatic imine (C=N–C) groups is 1. The minimum Gasteiger partial charge on any atom is -0.507 e. The molecule has 1 N–H and O–H groups in total. The molecule has 2 heteroatoms. The lowest BCUT2D eigenvalue weighted by Gasteiger charge is -2.06. The largest absolute Gasteiger partial charge is 0.507 e. The first-order valence-electron chi connectivity index (χ1n) is 6.98. The third-order valence-corrected chi connectivity index (χ3v) is 3.70. The maximum Gasteiger partial charge on any atom is 0.132 e. The molecule has 0 saturated heterocycles. The maximum atomic E-state index is 10.4. The number of nitrogens with zero attached hydrogens (tertiary/aromatic N) is 1. The first-order valence-corrected chi connectivity index (χ1v) is 6.98. The van der Waals surface area contributed by atoms with E-state index in [1.807, 2.05) is 68.4 Å². The van der Waals surface area contributed by atoms with Gasteiger partial charge < -0.3 is 5.11 Å². The van der Waals surface area contributed by atoms with Crippen LogP contribution >= 0.6 is 0 Å². The first kappa shape index (κ1) is 13.4. The van der Waals surface area contributed by atoms with Gasteiger partial charge in [-0.3, -0.25) is 4.99 Å². The van der Waals surface area contributed by atoms with Gasteiger partial charge in [0.25, 0.3) is 0 Å². The number of aromatic hydroxyl groups is 1. The summed E-state index contributed by atoms with van der Waals surface area (Å²) >= 11 is 0. The van der Waals surface area contributed by atoms with Crippen LogP contribution in [-0.4, -0.2) is 11.3 Å². The van der Waals surface area contributed by atoms with Crippen molar-refractivity contribution in [3.63, 3.8) is 0 Å². The molecular formula is C19H17NO. The van der Waals surface area contributed by atoms with Crippen LogP contribution < -0.4 is 0 Å². The van der Waals surface area contributed by atoms with Gasteiger partial charge in [-0.2, -0.15) is 0 Å². The monoisotopic (exact) mass is 275 g/mol. The van der Waals surface area contributed by atoms with Crippen molar-refractivity contribution in [3.8, 4) is 5.75 Å². The zero-order chi connectivity index (χ0) is 14.8. The van der Waals surface area contributed by atoms with Crippen LogP contribution in [0.1, 0.15) is 16.7 Å². The Labute approximate surface area is 124 Å². The van der Waals surface area contributed by atoms with Crippen LogP contribution in [0.3, 0.4) is 0 Å². The minimum absolute atomic E-state index is 0.281. The van der Waals surface area contributed by atoms with E-state index in [4.69, 9.17) is 0 Å². The van der Waals surface area contributed by atoms with Crippen molar-refractivity contribution in [3.05, 3.63) is 71.3 Å². The highest BCUT2D eigenvalue weighted by Gasteiger charge is 2.05. The van der Waals surface area contributed by atoms with E-state index in [-0.39, 0.29) is 5.75 Å². The number of fused-ring (bicyclic) bond motifs is 1. The molecule has 0 amide bonds. The van der Waals surface area contributed by atoms with Gasteiger partial charge in [0.2, 0.25) is 0 Å². The van der Waals surface area contributed by atoms with Crippen molar-refractivity contribution in [1.29, 1.82) is 0 Å². The van der Waals surface area contributed by atoms with Crippen LogP contribution in [0, 0.1) is 13.8 Å². The molecule has 0 bridgehead atoms. The molecule has 0 radical (unpaired) electrons. The van der Waals surface area contributed by atoms with Crippen LogP contribution in [0.5, 0.6) is 5.75 Å². The summed E-state index contributed by atoms with van der Waals surface area (Å²) in [6.07, 6.45) is 1.73. The highest BCUT2D eigenvalue weighted by atomic mass is 16.3. The number of aryl methyl sites for hydroxylation is 2. The van der Waals surface area contributed by atoms with E-state index in [0.717, 1.165) is 33.2 Å². The second-order valence-corrected chi connectivity index (χ2v) is 5.22. The molecule has 0 aliphatic carbocycles. The van der Waals surface area contributed by atoms with Gasteiger partial charge in [-0.15, -0.1) is 0 Å². The van der Waals surface area contributed by atoms with E-state index >= 15 is 0 Å². The average Bonchev–Trinajstić information content (AvgIpc) is 2.49. The normalized spacial score (nSPS) is 11.3. The minimum atomic E-state index is 0.281. The van der Waals surface area contributed by atoms with Gasteiger partial charge in [0.05, 0.1) is 5.69 Å². The Balaban J connectivity index is 2.06. The highest BCUT2D eigenvalue weighted by molar-refractivity contribution is 5.97. The van der Waals surface area contributed by atoms with E-state index in [9.17, 15) is 5.11 Å². The summed E-state index contributed by atoms with van der Waals surface area (Å²) in [4.78, 5) is 4.56. The van der Waals surface area contributed by atoms with Crippen LogP contribution in [0.2, 0.25) is 0 Å². The molecule has 21 heavy (non-hydrogen) atoms. The summed E-state index contributed by atoms with van der Waals surface area (Å²) < 4.78 is 0. The maximum absolute atomic E-state index is 10.4. The Kier molecular flexibility index (Phi) is 3.44. The fraction of sp³-hybridized carbons (Fsp3) is 0.105. The number of hydrogen-bond donors (Lipinski definition) is 1. The summed E-state index contributed by atoms with van der Waals surface area (Å²) in [5, 5.41) is 12.3. The summed E-state index contributed by atoms with van der Waals surface area (Å²) in [6, 6.07) is 17.8. The fourth-order valence-corrected chi connectivity index (χ4v) is 2.52. The quantitative estimate of drug-likeness (QED) is 0.662. The lowest BCUT2D eigenvalue weighted by atomic mass is 10.1. The van der Waals surface area contributed by atoms with Crippen LogP contribution in [0.25, 0.3) is 10.8 Å². The molecule has 0 aliphatic heterocycles. The molecule has 104 valence electrons. The molecule has 3 rings (SSSR count). The Morgan fingerprint density at radius 1 is 0.857 bits per heavy atom. The van der Waals surface area contributed by atoms with Gasteiger partial charge in [0.15, 0.2) is 0 Å². The smallest absolute Gasteiger partial charge is 0.132 e. The zero-order valence-electron chi connectivity index (χ0n) is 12.2. The van der Waals surface area contributed by atoms with Gasteiger partial charge in [0.1, 0.15) is 5.75 Å². The zero-order valence-corrected chi connectivity index (χ0v) is 12.2. The molecule has 3 aromatic carbocycles. The molecule has 0 heterocycles. The molecule has 0 unspecified atom stereocenters. The van der Waals surface area contributed by atoms with Crippen LogP contribution in [0.4, 0.5) is 5.69 Å². The highest BCUT2D eigenvalue weighted by Crippen LogP contribution is 2.29. The Morgan fingerprint density at radius 2 is 1.57 bits per heavy atom. The van der Waals surface area contributed by atoms with E-state index < -0.39 is 0 Å².